The van der Waals surface area contributed by atoms with E-state index >= 15 is 0 Å². The summed E-state index contributed by atoms with van der Waals surface area (Å²) in [5.41, 5.74) is 0.182. The predicted octanol–water partition coefficient (Wildman–Crippen LogP) is 4.72. The highest BCUT2D eigenvalue weighted by Gasteiger charge is 2.37. The fourth-order valence-electron chi connectivity index (χ4n) is 5.32. The van der Waals surface area contributed by atoms with E-state index in [1.807, 2.05) is 24.3 Å². The van der Waals surface area contributed by atoms with Crippen molar-refractivity contribution in [1.29, 1.82) is 0 Å². The van der Waals surface area contributed by atoms with Gasteiger partial charge in [0.2, 0.25) is 5.89 Å². The number of hydroxylamine groups is 1. The molecule has 5 rings (SSSR count). The van der Waals surface area contributed by atoms with Gasteiger partial charge in [0.25, 0.3) is 11.5 Å². The molecule has 242 valence electrons. The summed E-state index contributed by atoms with van der Waals surface area (Å²) >= 11 is 1.23. The van der Waals surface area contributed by atoms with Crippen LogP contribution in [0.4, 0.5) is 0 Å². The number of thiophene rings is 1. The largest absolute Gasteiger partial charge is 0.496 e. The van der Waals surface area contributed by atoms with Crippen LogP contribution in [0, 0.1) is 6.92 Å². The lowest BCUT2D eigenvalue weighted by molar-refractivity contribution is -0.153. The van der Waals surface area contributed by atoms with Crippen LogP contribution in [-0.4, -0.2) is 52.1 Å². The van der Waals surface area contributed by atoms with Gasteiger partial charge >= 0.3 is 5.69 Å². The number of amides is 1. The number of rotatable bonds is 10. The standard InChI is InChI=1S/C32H40N4O8S/c1-19-24-27(37)36(32(5,6)29(38)34-44-31(2,3)4)30(39)35(28(24)45-25(19)26-33-14-17-42-26)18-23(43-20-12-15-41-16-13-20)21-10-8-9-11-22(21)40-7/h8-11,14,17,20,23H,12-13,15-16,18H2,1-7H3,(H,34,38). The van der Waals surface area contributed by atoms with Crippen LogP contribution >= 0.6 is 11.3 Å². The van der Waals surface area contributed by atoms with Crippen LogP contribution in [-0.2, 0) is 31.2 Å². The molecule has 0 bridgehead atoms. The number of hydrogen-bond acceptors (Lipinski definition) is 10. The Morgan fingerprint density at radius 1 is 1.16 bits per heavy atom. The number of benzene rings is 1. The van der Waals surface area contributed by atoms with Gasteiger partial charge in [0.05, 0.1) is 41.8 Å². The van der Waals surface area contributed by atoms with E-state index in [1.165, 1.54) is 42.2 Å². The second-order valence-corrected chi connectivity index (χ2v) is 13.5. The van der Waals surface area contributed by atoms with Crippen molar-refractivity contribution < 1.29 is 28.3 Å². The van der Waals surface area contributed by atoms with Crippen molar-refractivity contribution in [3.8, 4) is 16.5 Å². The number of ether oxygens (including phenoxy) is 3. The van der Waals surface area contributed by atoms with E-state index in [-0.39, 0.29) is 18.0 Å². The second-order valence-electron chi connectivity index (χ2n) is 12.5. The summed E-state index contributed by atoms with van der Waals surface area (Å²) in [5.74, 6) is 0.283. The number of nitrogens with one attached hydrogen (secondary N) is 1. The summed E-state index contributed by atoms with van der Waals surface area (Å²) < 4.78 is 26.0. The van der Waals surface area contributed by atoms with E-state index in [2.05, 4.69) is 10.5 Å². The maximum absolute atomic E-state index is 14.5. The lowest BCUT2D eigenvalue weighted by atomic mass is 10.0. The molecule has 4 heterocycles. The van der Waals surface area contributed by atoms with E-state index in [9.17, 15) is 14.4 Å². The van der Waals surface area contributed by atoms with E-state index in [1.54, 1.807) is 34.8 Å². The summed E-state index contributed by atoms with van der Waals surface area (Å²) in [5, 5.41) is 0.287. The molecule has 45 heavy (non-hydrogen) atoms. The average Bonchev–Trinajstić information content (AvgIpc) is 3.65. The van der Waals surface area contributed by atoms with E-state index in [0.717, 1.165) is 10.1 Å². The maximum Gasteiger partial charge on any atom is 0.333 e. The number of hydrogen-bond donors (Lipinski definition) is 1. The molecule has 1 N–H and O–H groups in total. The molecule has 1 saturated heterocycles. The van der Waals surface area contributed by atoms with Crippen molar-refractivity contribution in [3.63, 3.8) is 0 Å². The summed E-state index contributed by atoms with van der Waals surface area (Å²) in [6.07, 6.45) is 3.62. The zero-order valence-corrected chi connectivity index (χ0v) is 27.5. The van der Waals surface area contributed by atoms with Gasteiger partial charge in [-0.3, -0.25) is 19.0 Å². The number of para-hydroxylation sites is 1. The summed E-state index contributed by atoms with van der Waals surface area (Å²) in [6, 6.07) is 7.49. The quantitative estimate of drug-likeness (QED) is 0.244. The first kappa shape index (κ1) is 32.6. The van der Waals surface area contributed by atoms with Gasteiger partial charge in [-0.05, 0) is 66.0 Å². The number of methoxy groups -OCH3 is 1. The van der Waals surface area contributed by atoms with Crippen LogP contribution in [0.25, 0.3) is 21.0 Å². The van der Waals surface area contributed by atoms with E-state index in [4.69, 9.17) is 23.5 Å². The van der Waals surface area contributed by atoms with Crippen LogP contribution in [0.2, 0.25) is 0 Å². The Balaban J connectivity index is 1.72. The number of aryl methyl sites for hydroxylation is 1. The Hall–Kier alpha value is -3.78. The van der Waals surface area contributed by atoms with Gasteiger partial charge in [-0.25, -0.2) is 19.8 Å². The molecule has 0 aliphatic carbocycles. The Morgan fingerprint density at radius 3 is 2.51 bits per heavy atom. The third-order valence-electron chi connectivity index (χ3n) is 7.76. The van der Waals surface area contributed by atoms with Crippen molar-refractivity contribution in [2.75, 3.05) is 20.3 Å². The normalized spacial score (nSPS) is 15.4. The Morgan fingerprint density at radius 2 is 1.87 bits per heavy atom. The first-order chi connectivity index (χ1) is 21.3. The molecule has 13 heteroatoms. The van der Waals surface area contributed by atoms with Crippen molar-refractivity contribution in [3.05, 3.63) is 68.7 Å². The highest BCUT2D eigenvalue weighted by atomic mass is 32.1. The van der Waals surface area contributed by atoms with Gasteiger partial charge in [0.15, 0.2) is 0 Å². The minimum absolute atomic E-state index is 0.0362. The molecule has 1 fully saturated rings. The number of fused-ring (bicyclic) bond motifs is 1. The molecule has 0 spiro atoms. The molecule has 1 aromatic carbocycles. The van der Waals surface area contributed by atoms with Crippen LogP contribution in [0.3, 0.4) is 0 Å². The summed E-state index contributed by atoms with van der Waals surface area (Å²) in [4.78, 5) is 53.1. The smallest absolute Gasteiger partial charge is 0.333 e. The van der Waals surface area contributed by atoms with Gasteiger partial charge in [-0.15, -0.1) is 11.3 Å². The monoisotopic (exact) mass is 640 g/mol. The number of carbonyl (C=O) groups is 1. The van der Waals surface area contributed by atoms with E-state index in [0.29, 0.717) is 53.0 Å². The Kier molecular flexibility index (Phi) is 9.36. The molecule has 1 atom stereocenters. The minimum atomic E-state index is -1.63. The lowest BCUT2D eigenvalue weighted by Crippen LogP contribution is -2.56. The van der Waals surface area contributed by atoms with Gasteiger partial charge < -0.3 is 18.6 Å². The molecule has 1 aliphatic heterocycles. The van der Waals surface area contributed by atoms with Crippen molar-refractivity contribution in [2.24, 2.45) is 0 Å². The topological polar surface area (TPSA) is 136 Å². The zero-order valence-electron chi connectivity index (χ0n) is 26.7. The molecule has 0 saturated carbocycles. The fourth-order valence-corrected chi connectivity index (χ4v) is 6.57. The maximum atomic E-state index is 14.5. The molecule has 4 aromatic rings. The molecule has 1 amide bonds. The van der Waals surface area contributed by atoms with Crippen molar-refractivity contribution in [1.82, 2.24) is 19.6 Å². The molecular formula is C32H40N4O8S. The summed E-state index contributed by atoms with van der Waals surface area (Å²) in [7, 11) is 1.58. The third kappa shape index (κ3) is 6.62. The first-order valence-corrected chi connectivity index (χ1v) is 15.7. The Bertz CT molecular complexity index is 1780. The lowest BCUT2D eigenvalue weighted by Gasteiger charge is -2.31. The van der Waals surface area contributed by atoms with Crippen molar-refractivity contribution >= 4 is 27.5 Å². The number of nitrogens with zero attached hydrogens (tertiary/aromatic N) is 3. The van der Waals surface area contributed by atoms with Crippen LogP contribution in [0.5, 0.6) is 5.75 Å². The summed E-state index contributed by atoms with van der Waals surface area (Å²) in [6.45, 7) is 11.3. The molecule has 12 nitrogen and oxygen atoms in total. The van der Waals surface area contributed by atoms with Crippen molar-refractivity contribution in [2.45, 2.75) is 84.3 Å². The second kappa shape index (κ2) is 12.9. The molecule has 1 aliphatic rings. The zero-order chi connectivity index (χ0) is 32.5. The number of aromatic nitrogens is 3. The number of carbonyl (C=O) groups excluding carboxylic acids is 1. The fraction of sp³-hybridized carbons (Fsp3) is 0.500. The molecular weight excluding hydrogens is 600 g/mol. The average molecular weight is 641 g/mol. The first-order valence-electron chi connectivity index (χ1n) is 14.9. The van der Waals surface area contributed by atoms with Crippen LogP contribution in [0.15, 0.2) is 50.7 Å². The third-order valence-corrected chi connectivity index (χ3v) is 9.07. The van der Waals surface area contributed by atoms with Gasteiger partial charge in [0.1, 0.15) is 28.5 Å². The van der Waals surface area contributed by atoms with Crippen LogP contribution in [0.1, 0.15) is 64.7 Å². The Labute approximate surface area is 264 Å². The SMILES string of the molecule is COc1ccccc1C(Cn1c(=O)n(C(C)(C)C(=O)NOC(C)(C)C)c(=O)c2c(C)c(-c3ncco3)sc21)OC1CCOCC1. The van der Waals surface area contributed by atoms with Gasteiger partial charge in [-0.2, -0.15) is 0 Å². The molecule has 1 unspecified atom stereocenters. The van der Waals surface area contributed by atoms with E-state index < -0.39 is 34.4 Å². The number of oxazole rings is 1. The molecule has 0 radical (unpaired) electrons. The van der Waals surface area contributed by atoms with Crippen LogP contribution < -0.4 is 21.5 Å². The van der Waals surface area contributed by atoms with Gasteiger partial charge in [-0.1, -0.05) is 18.2 Å². The predicted molar refractivity (Wildman–Crippen MR) is 170 cm³/mol. The highest BCUT2D eigenvalue weighted by molar-refractivity contribution is 7.22. The van der Waals surface area contributed by atoms with Gasteiger partial charge in [0, 0.05) is 18.8 Å². The highest BCUT2D eigenvalue weighted by Crippen LogP contribution is 2.37. The minimum Gasteiger partial charge on any atom is -0.496 e. The molecule has 3 aromatic heterocycles.